The highest BCUT2D eigenvalue weighted by molar-refractivity contribution is 7.25. The smallest absolute Gasteiger partial charge is 0.164 e. The summed E-state index contributed by atoms with van der Waals surface area (Å²) in [5, 5.41) is 5.79. The molecule has 1 aliphatic rings. The molecular formula is C54H34F2N6S. The van der Waals surface area contributed by atoms with E-state index in [4.69, 9.17) is 24.9 Å². The Balaban J connectivity index is 0.948. The van der Waals surface area contributed by atoms with Crippen LogP contribution in [0, 0.1) is 11.6 Å². The average molecular weight is 837 g/mol. The number of halogens is 2. The van der Waals surface area contributed by atoms with Crippen molar-refractivity contribution in [2.45, 2.75) is 6.17 Å². The van der Waals surface area contributed by atoms with Crippen LogP contribution >= 0.6 is 11.3 Å². The van der Waals surface area contributed by atoms with Crippen molar-refractivity contribution < 1.29 is 8.78 Å². The van der Waals surface area contributed by atoms with Gasteiger partial charge in [-0.2, -0.15) is 0 Å². The van der Waals surface area contributed by atoms with Gasteiger partial charge in [0.2, 0.25) is 0 Å². The van der Waals surface area contributed by atoms with Crippen LogP contribution < -0.4 is 5.32 Å². The maximum absolute atomic E-state index is 13.9. The van der Waals surface area contributed by atoms with Crippen molar-refractivity contribution in [3.8, 4) is 56.4 Å². The molecule has 8 aromatic carbocycles. The Hall–Kier alpha value is -8.01. The zero-order valence-electron chi connectivity index (χ0n) is 33.5. The standard InChI is InChI=1S/C54H34F2N6S/c55-43-23-17-35(18-24-43)51-57-49(33-9-3-1-4-10-33)59-53(61-51)41-15-7-13-37(29-41)39-21-27-47-45(31-39)46-32-40(22-28-48(46)63-47)38-14-8-16-42(30-38)54-60-50(34-11-5-2-6-12-34)58-52(62-54)36-19-25-44(56)26-20-36/h1-32,51H,(H,57,59,61). The Morgan fingerprint density at radius 1 is 0.397 bits per heavy atom. The Morgan fingerprint density at radius 2 is 0.841 bits per heavy atom. The normalized spacial score (nSPS) is 13.7. The summed E-state index contributed by atoms with van der Waals surface area (Å²) in [6.07, 6.45) is -0.441. The van der Waals surface area contributed by atoms with Crippen LogP contribution in [0.1, 0.15) is 22.9 Å². The van der Waals surface area contributed by atoms with E-state index in [0.717, 1.165) is 50.1 Å². The van der Waals surface area contributed by atoms with E-state index in [-0.39, 0.29) is 11.6 Å². The number of fused-ring (bicyclic) bond motifs is 3. The summed E-state index contributed by atoms with van der Waals surface area (Å²) in [4.78, 5) is 24.6. The van der Waals surface area contributed by atoms with Crippen LogP contribution in [-0.2, 0) is 0 Å². The number of nitrogens with zero attached hydrogens (tertiary/aromatic N) is 5. The highest BCUT2D eigenvalue weighted by Crippen LogP contribution is 2.39. The van der Waals surface area contributed by atoms with Gasteiger partial charge in [-0.3, -0.25) is 0 Å². The monoisotopic (exact) mass is 836 g/mol. The Labute approximate surface area is 365 Å². The molecule has 10 aromatic rings. The van der Waals surface area contributed by atoms with Gasteiger partial charge in [-0.05, 0) is 101 Å². The molecule has 0 saturated heterocycles. The first-order valence-electron chi connectivity index (χ1n) is 20.5. The molecule has 0 fully saturated rings. The van der Waals surface area contributed by atoms with E-state index >= 15 is 0 Å². The molecule has 3 heterocycles. The van der Waals surface area contributed by atoms with Gasteiger partial charge in [0.05, 0.1) is 0 Å². The highest BCUT2D eigenvalue weighted by atomic mass is 32.1. The summed E-state index contributed by atoms with van der Waals surface area (Å²) in [6.45, 7) is 0. The van der Waals surface area contributed by atoms with Crippen molar-refractivity contribution in [1.82, 2.24) is 20.3 Å². The minimum atomic E-state index is -0.441. The number of aliphatic imine (C=N–C) groups is 2. The molecule has 6 nitrogen and oxygen atoms in total. The van der Waals surface area contributed by atoms with Crippen LogP contribution in [0.5, 0.6) is 0 Å². The van der Waals surface area contributed by atoms with Crippen molar-refractivity contribution in [3.05, 3.63) is 222 Å². The van der Waals surface area contributed by atoms with Gasteiger partial charge >= 0.3 is 0 Å². The van der Waals surface area contributed by atoms with Crippen molar-refractivity contribution in [1.29, 1.82) is 0 Å². The summed E-state index contributed by atoms with van der Waals surface area (Å²) in [5.74, 6) is 2.23. The van der Waals surface area contributed by atoms with Crippen molar-refractivity contribution in [2.24, 2.45) is 9.98 Å². The SMILES string of the molecule is Fc1ccc(-c2nc(-c3ccccc3)nc(-c3cccc(-c4ccc5sc6ccc(-c7cccc(C8=NC(c9ccc(F)cc9)NC(c9ccccc9)=N8)c7)cc6c5c4)c3)n2)cc1. The first kappa shape index (κ1) is 38.0. The second-order valence-electron chi connectivity index (χ2n) is 15.2. The lowest BCUT2D eigenvalue weighted by Gasteiger charge is -2.23. The molecule has 0 bridgehead atoms. The second kappa shape index (κ2) is 16.1. The lowest BCUT2D eigenvalue weighted by molar-refractivity contribution is 0.621. The van der Waals surface area contributed by atoms with Crippen LogP contribution in [0.25, 0.3) is 76.6 Å². The van der Waals surface area contributed by atoms with Gasteiger partial charge in [-0.15, -0.1) is 11.3 Å². The zero-order chi connectivity index (χ0) is 42.3. The van der Waals surface area contributed by atoms with Gasteiger partial charge in [0, 0.05) is 48.0 Å². The molecule has 300 valence electrons. The third-order valence-corrected chi connectivity index (χ3v) is 12.3. The lowest BCUT2D eigenvalue weighted by Crippen LogP contribution is -2.33. The molecule has 0 spiro atoms. The Bertz CT molecular complexity index is 3390. The summed E-state index contributed by atoms with van der Waals surface area (Å²) in [6, 6.07) is 62.2. The fourth-order valence-electron chi connectivity index (χ4n) is 7.90. The molecule has 0 amide bonds. The van der Waals surface area contributed by atoms with Gasteiger partial charge in [0.25, 0.3) is 0 Å². The first-order valence-corrected chi connectivity index (χ1v) is 21.3. The van der Waals surface area contributed by atoms with Crippen molar-refractivity contribution >= 4 is 43.2 Å². The molecule has 0 saturated carbocycles. The molecule has 9 heteroatoms. The van der Waals surface area contributed by atoms with Crippen LogP contribution in [0.15, 0.2) is 204 Å². The number of hydrogen-bond donors (Lipinski definition) is 1. The molecule has 1 aliphatic heterocycles. The maximum atomic E-state index is 13.9. The van der Waals surface area contributed by atoms with Crippen LogP contribution in [0.3, 0.4) is 0 Å². The summed E-state index contributed by atoms with van der Waals surface area (Å²) in [7, 11) is 0. The molecular weight excluding hydrogens is 803 g/mol. The van der Waals surface area contributed by atoms with E-state index < -0.39 is 6.17 Å². The number of nitrogens with one attached hydrogen (secondary N) is 1. The summed E-state index contributed by atoms with van der Waals surface area (Å²) in [5.41, 5.74) is 9.29. The minimum Gasteiger partial charge on any atom is -0.344 e. The molecule has 2 aromatic heterocycles. The fourth-order valence-corrected chi connectivity index (χ4v) is 8.97. The van der Waals surface area contributed by atoms with E-state index in [2.05, 4.69) is 66.0 Å². The predicted molar refractivity (Wildman–Crippen MR) is 252 cm³/mol. The minimum absolute atomic E-state index is 0.294. The third-order valence-electron chi connectivity index (χ3n) is 11.1. The van der Waals surface area contributed by atoms with E-state index in [1.165, 1.54) is 44.4 Å². The fraction of sp³-hybridized carbons (Fsp3) is 0.0185. The molecule has 0 aliphatic carbocycles. The quantitative estimate of drug-likeness (QED) is 0.165. The Kier molecular flexibility index (Phi) is 9.71. The van der Waals surface area contributed by atoms with Gasteiger partial charge in [-0.25, -0.2) is 33.7 Å². The lowest BCUT2D eigenvalue weighted by atomic mass is 9.98. The number of aromatic nitrogens is 3. The topological polar surface area (TPSA) is 75.4 Å². The first-order chi connectivity index (χ1) is 31.0. The third kappa shape index (κ3) is 7.66. The molecule has 1 N–H and O–H groups in total. The van der Waals surface area contributed by atoms with Gasteiger partial charge < -0.3 is 5.32 Å². The number of hydrogen-bond acceptors (Lipinski definition) is 7. The van der Waals surface area contributed by atoms with E-state index in [9.17, 15) is 8.78 Å². The van der Waals surface area contributed by atoms with Crippen LogP contribution in [0.2, 0.25) is 0 Å². The Morgan fingerprint density at radius 3 is 1.44 bits per heavy atom. The summed E-state index contributed by atoms with van der Waals surface area (Å²) >= 11 is 1.77. The van der Waals surface area contributed by atoms with E-state index in [1.807, 2.05) is 84.9 Å². The van der Waals surface area contributed by atoms with Crippen LogP contribution in [-0.4, -0.2) is 26.6 Å². The van der Waals surface area contributed by atoms with Crippen LogP contribution in [0.4, 0.5) is 8.78 Å². The number of rotatable bonds is 8. The van der Waals surface area contributed by atoms with Gasteiger partial charge in [0.1, 0.15) is 23.6 Å². The largest absolute Gasteiger partial charge is 0.344 e. The molecule has 63 heavy (non-hydrogen) atoms. The number of thiophene rings is 1. The average Bonchev–Trinajstić information content (AvgIpc) is 3.72. The van der Waals surface area contributed by atoms with E-state index in [1.54, 1.807) is 35.6 Å². The molecule has 1 atom stereocenters. The van der Waals surface area contributed by atoms with Gasteiger partial charge in [-0.1, -0.05) is 121 Å². The molecule has 11 rings (SSSR count). The maximum Gasteiger partial charge on any atom is 0.164 e. The second-order valence-corrected chi connectivity index (χ2v) is 16.3. The van der Waals surface area contributed by atoms with Crippen molar-refractivity contribution in [3.63, 3.8) is 0 Å². The predicted octanol–water partition coefficient (Wildman–Crippen LogP) is 13.3. The number of amidine groups is 2. The van der Waals surface area contributed by atoms with Gasteiger partial charge in [0.15, 0.2) is 23.3 Å². The highest BCUT2D eigenvalue weighted by Gasteiger charge is 2.22. The number of benzene rings is 8. The molecule has 1 unspecified atom stereocenters. The zero-order valence-corrected chi connectivity index (χ0v) is 34.3. The van der Waals surface area contributed by atoms with Crippen molar-refractivity contribution in [2.75, 3.05) is 0 Å². The summed E-state index contributed by atoms with van der Waals surface area (Å²) < 4.78 is 30.2. The van der Waals surface area contributed by atoms with E-state index in [0.29, 0.717) is 34.7 Å². The molecule has 0 radical (unpaired) electrons.